The van der Waals surface area contributed by atoms with Gasteiger partial charge in [-0.15, -0.1) is 5.10 Å². The lowest BCUT2D eigenvalue weighted by atomic mass is 10.1. The van der Waals surface area contributed by atoms with Crippen LogP contribution < -0.4 is 10.5 Å². The Hall–Kier alpha value is -4.03. The number of halogens is 2. The van der Waals surface area contributed by atoms with Crippen LogP contribution in [0.25, 0.3) is 28.2 Å². The summed E-state index contributed by atoms with van der Waals surface area (Å²) in [4.78, 5) is 10.4. The summed E-state index contributed by atoms with van der Waals surface area (Å²) in [5.74, 6) is -2.19. The van der Waals surface area contributed by atoms with Gasteiger partial charge in [0.25, 0.3) is 0 Å². The summed E-state index contributed by atoms with van der Waals surface area (Å²) in [7, 11) is 0. The van der Waals surface area contributed by atoms with Crippen LogP contribution in [-0.4, -0.2) is 74.5 Å². The molecule has 5 rings (SSSR count). The van der Waals surface area contributed by atoms with Crippen molar-refractivity contribution in [1.82, 2.24) is 35.1 Å². The van der Waals surface area contributed by atoms with Crippen LogP contribution in [-0.2, 0) is 4.74 Å². The summed E-state index contributed by atoms with van der Waals surface area (Å²) in [5, 5.41) is 11.5. The number of nitrogens with two attached hydrogens (primary N) is 1. The first-order valence-corrected chi connectivity index (χ1v) is 11.0. The van der Waals surface area contributed by atoms with Gasteiger partial charge in [0.2, 0.25) is 5.82 Å². The highest BCUT2D eigenvalue weighted by Gasteiger charge is 2.22. The second-order valence-electron chi connectivity index (χ2n) is 7.82. The van der Waals surface area contributed by atoms with Crippen LogP contribution in [0.1, 0.15) is 0 Å². The van der Waals surface area contributed by atoms with Gasteiger partial charge in [-0.05, 0) is 46.3 Å². The summed E-state index contributed by atoms with van der Waals surface area (Å²) < 4.78 is 41.8. The largest absolute Gasteiger partial charge is 0.489 e. The SMILES string of the molecule is Nc1ncc(-c2ccncc2)cc1-c1nnnn1-c1ccc(OCCN2CCOCC2)c(F)c1F. The number of hydrogen-bond acceptors (Lipinski definition) is 9. The molecule has 2 N–H and O–H groups in total. The van der Waals surface area contributed by atoms with Crippen LogP contribution in [0.15, 0.2) is 48.9 Å². The zero-order chi connectivity index (χ0) is 24.2. The molecule has 0 saturated carbocycles. The van der Waals surface area contributed by atoms with Crippen molar-refractivity contribution >= 4 is 5.82 Å². The van der Waals surface area contributed by atoms with Gasteiger partial charge in [-0.3, -0.25) is 9.88 Å². The first-order valence-electron chi connectivity index (χ1n) is 11.0. The van der Waals surface area contributed by atoms with Gasteiger partial charge in [0.05, 0.1) is 18.8 Å². The van der Waals surface area contributed by atoms with E-state index in [2.05, 4.69) is 30.4 Å². The van der Waals surface area contributed by atoms with Crippen molar-refractivity contribution in [1.29, 1.82) is 0 Å². The fourth-order valence-corrected chi connectivity index (χ4v) is 3.78. The highest BCUT2D eigenvalue weighted by atomic mass is 19.2. The first kappa shape index (κ1) is 22.7. The number of pyridine rings is 2. The van der Waals surface area contributed by atoms with Crippen molar-refractivity contribution < 1.29 is 18.3 Å². The number of rotatable bonds is 7. The number of tetrazole rings is 1. The number of morpholine rings is 1. The van der Waals surface area contributed by atoms with Gasteiger partial charge in [0.1, 0.15) is 18.1 Å². The Morgan fingerprint density at radius 2 is 1.83 bits per heavy atom. The molecule has 12 heteroatoms. The van der Waals surface area contributed by atoms with E-state index in [1.54, 1.807) is 24.7 Å². The number of ether oxygens (including phenoxy) is 2. The molecule has 1 saturated heterocycles. The second-order valence-corrected chi connectivity index (χ2v) is 7.82. The average molecular weight is 480 g/mol. The lowest BCUT2D eigenvalue weighted by molar-refractivity contribution is 0.0320. The quantitative estimate of drug-likeness (QED) is 0.425. The summed E-state index contributed by atoms with van der Waals surface area (Å²) in [6.45, 7) is 3.66. The van der Waals surface area contributed by atoms with Crippen molar-refractivity contribution in [2.45, 2.75) is 0 Å². The van der Waals surface area contributed by atoms with E-state index in [4.69, 9.17) is 15.2 Å². The van der Waals surface area contributed by atoms with Crippen molar-refractivity contribution in [3.05, 3.63) is 60.6 Å². The van der Waals surface area contributed by atoms with Crippen LogP contribution in [0, 0.1) is 11.6 Å². The molecule has 4 heterocycles. The summed E-state index contributed by atoms with van der Waals surface area (Å²) in [5.41, 5.74) is 7.86. The molecule has 0 spiro atoms. The molecule has 0 amide bonds. The third-order valence-corrected chi connectivity index (χ3v) is 5.67. The molecule has 1 fully saturated rings. The van der Waals surface area contributed by atoms with Crippen LogP contribution in [0.5, 0.6) is 5.75 Å². The molecule has 1 aliphatic heterocycles. The molecule has 1 aromatic carbocycles. The van der Waals surface area contributed by atoms with Gasteiger partial charge in [-0.2, -0.15) is 9.07 Å². The monoisotopic (exact) mass is 480 g/mol. The maximum Gasteiger partial charge on any atom is 0.202 e. The molecule has 10 nitrogen and oxygen atoms in total. The summed E-state index contributed by atoms with van der Waals surface area (Å²) >= 11 is 0. The number of hydrogen-bond donors (Lipinski definition) is 1. The van der Waals surface area contributed by atoms with E-state index < -0.39 is 11.6 Å². The van der Waals surface area contributed by atoms with Crippen molar-refractivity contribution in [3.8, 4) is 34.0 Å². The summed E-state index contributed by atoms with van der Waals surface area (Å²) in [6, 6.07) is 8.07. The number of nitrogen functional groups attached to an aromatic ring is 1. The van der Waals surface area contributed by atoms with E-state index in [1.807, 2.05) is 12.1 Å². The molecule has 3 aromatic heterocycles. The minimum atomic E-state index is -1.14. The highest BCUT2D eigenvalue weighted by molar-refractivity contribution is 5.76. The smallest absolute Gasteiger partial charge is 0.202 e. The number of benzene rings is 1. The van der Waals surface area contributed by atoms with E-state index in [9.17, 15) is 4.39 Å². The van der Waals surface area contributed by atoms with Gasteiger partial charge in [0, 0.05) is 43.8 Å². The van der Waals surface area contributed by atoms with E-state index >= 15 is 4.39 Å². The Morgan fingerprint density at radius 1 is 1.03 bits per heavy atom. The van der Waals surface area contributed by atoms with Gasteiger partial charge in [-0.25, -0.2) is 9.37 Å². The van der Waals surface area contributed by atoms with E-state index in [0.717, 1.165) is 28.9 Å². The Kier molecular flexibility index (Phi) is 6.55. The molecule has 1 aliphatic rings. The van der Waals surface area contributed by atoms with Crippen molar-refractivity contribution in [2.24, 2.45) is 0 Å². The van der Waals surface area contributed by atoms with Crippen LogP contribution in [0.2, 0.25) is 0 Å². The molecule has 0 radical (unpaired) electrons. The molecular formula is C23H22F2N8O2. The van der Waals surface area contributed by atoms with Crippen molar-refractivity contribution in [3.63, 3.8) is 0 Å². The van der Waals surface area contributed by atoms with Gasteiger partial charge < -0.3 is 15.2 Å². The van der Waals surface area contributed by atoms with Gasteiger partial charge in [-0.1, -0.05) is 0 Å². The Balaban J connectivity index is 1.41. The Morgan fingerprint density at radius 3 is 2.63 bits per heavy atom. The molecule has 4 aromatic rings. The average Bonchev–Trinajstić information content (AvgIpc) is 3.37. The third kappa shape index (κ3) is 4.79. The second kappa shape index (κ2) is 10.1. The lowest BCUT2D eigenvalue weighted by Gasteiger charge is -2.26. The predicted octanol–water partition coefficient (Wildman–Crippen LogP) is 2.36. The van der Waals surface area contributed by atoms with E-state index in [0.29, 0.717) is 25.3 Å². The first-order chi connectivity index (χ1) is 17.1. The minimum Gasteiger partial charge on any atom is -0.489 e. The zero-order valence-corrected chi connectivity index (χ0v) is 18.6. The maximum atomic E-state index is 15.1. The van der Waals surface area contributed by atoms with E-state index in [-0.39, 0.29) is 29.7 Å². The molecule has 0 unspecified atom stereocenters. The highest BCUT2D eigenvalue weighted by Crippen LogP contribution is 2.31. The molecule has 180 valence electrons. The standard InChI is InChI=1S/C23H22F2N8O2/c24-20-18(1-2-19(21(20)25)35-12-9-32-7-10-34-11-8-32)33-23(29-30-31-33)17-13-16(14-28-22(17)26)15-3-5-27-6-4-15/h1-6,13-14H,7-12H2,(H2,26,28). The fourth-order valence-electron chi connectivity index (χ4n) is 3.78. The van der Waals surface area contributed by atoms with Crippen LogP contribution >= 0.6 is 0 Å². The Labute approximate surface area is 199 Å². The molecular weight excluding hydrogens is 458 g/mol. The Bertz CT molecular complexity index is 1310. The van der Waals surface area contributed by atoms with Crippen LogP contribution in [0.4, 0.5) is 14.6 Å². The number of anilines is 1. The fraction of sp³-hybridized carbons (Fsp3) is 0.261. The zero-order valence-electron chi connectivity index (χ0n) is 18.6. The number of nitrogens with zero attached hydrogens (tertiary/aromatic N) is 7. The van der Waals surface area contributed by atoms with Crippen molar-refractivity contribution in [2.75, 3.05) is 45.2 Å². The third-order valence-electron chi connectivity index (χ3n) is 5.67. The summed E-state index contributed by atoms with van der Waals surface area (Å²) in [6.07, 6.45) is 4.90. The molecule has 0 aliphatic carbocycles. The number of aromatic nitrogens is 6. The molecule has 0 atom stereocenters. The van der Waals surface area contributed by atoms with E-state index in [1.165, 1.54) is 12.1 Å². The van der Waals surface area contributed by atoms with Crippen LogP contribution in [0.3, 0.4) is 0 Å². The normalized spacial score (nSPS) is 14.2. The van der Waals surface area contributed by atoms with Gasteiger partial charge in [0.15, 0.2) is 17.4 Å². The maximum absolute atomic E-state index is 15.1. The minimum absolute atomic E-state index is 0.116. The van der Waals surface area contributed by atoms with Gasteiger partial charge >= 0.3 is 0 Å². The topological polar surface area (TPSA) is 117 Å². The molecule has 35 heavy (non-hydrogen) atoms. The lowest BCUT2D eigenvalue weighted by Crippen LogP contribution is -2.38. The predicted molar refractivity (Wildman–Crippen MR) is 123 cm³/mol. The molecule has 0 bridgehead atoms.